The van der Waals surface area contributed by atoms with Gasteiger partial charge in [-0.25, -0.2) is 0 Å². The molecule has 1 heterocycles. The third-order valence-electron chi connectivity index (χ3n) is 9.24. The van der Waals surface area contributed by atoms with Crippen LogP contribution >= 0.6 is 0 Å². The Morgan fingerprint density at radius 3 is 1.77 bits per heavy atom. The molecule has 2 heteroatoms. The maximum Gasteiger partial charge on any atom is 0.143 e. The third-order valence-corrected chi connectivity index (χ3v) is 9.24. The zero-order valence-electron chi connectivity index (χ0n) is 26.3. The number of hydrogen-bond acceptors (Lipinski definition) is 2. The highest BCUT2D eigenvalue weighted by Crippen LogP contribution is 2.43. The Kier molecular flexibility index (Phi) is 6.84. The summed E-state index contributed by atoms with van der Waals surface area (Å²) in [7, 11) is 0. The van der Waals surface area contributed by atoms with Gasteiger partial charge in [0.25, 0.3) is 0 Å². The molecule has 0 atom stereocenters. The van der Waals surface area contributed by atoms with Crippen LogP contribution in [-0.4, -0.2) is 0 Å². The molecule has 0 aliphatic carbocycles. The van der Waals surface area contributed by atoms with E-state index in [1.165, 1.54) is 32.7 Å². The van der Waals surface area contributed by atoms with Gasteiger partial charge in [0.2, 0.25) is 0 Å². The molecule has 0 unspecified atom stereocenters. The van der Waals surface area contributed by atoms with E-state index in [0.717, 1.165) is 50.5 Å². The lowest BCUT2D eigenvalue weighted by Crippen LogP contribution is -2.09. The topological polar surface area (TPSA) is 16.4 Å². The van der Waals surface area contributed by atoms with Crippen LogP contribution in [0.1, 0.15) is 0 Å². The monoisotopic (exact) mass is 613 g/mol. The van der Waals surface area contributed by atoms with Gasteiger partial charge >= 0.3 is 0 Å². The summed E-state index contributed by atoms with van der Waals surface area (Å²) in [6.45, 7) is 0. The molecule has 0 amide bonds. The van der Waals surface area contributed by atoms with Crippen LogP contribution in [0.2, 0.25) is 0 Å². The zero-order chi connectivity index (χ0) is 31.9. The molecule has 0 aliphatic rings. The quantitative estimate of drug-likeness (QED) is 0.174. The lowest BCUT2D eigenvalue weighted by Gasteiger charge is -2.26. The summed E-state index contributed by atoms with van der Waals surface area (Å²) in [5.74, 6) is 0.872. The van der Waals surface area contributed by atoms with Crippen molar-refractivity contribution in [2.75, 3.05) is 4.90 Å². The standard InChI is InChI=1S/C46H31NO/c1-3-13-34(14-4-1)45-43-20-9-10-21-44(43)48-46(45)37-15-11-18-40(31-37)47(38-16-5-2-6-17-38)39-27-24-32(25-28-39)35-26-29-42-36(30-35)23-22-33-12-7-8-19-41(33)42/h1-31H. The van der Waals surface area contributed by atoms with Gasteiger partial charge in [-0.2, -0.15) is 0 Å². The molecule has 0 saturated heterocycles. The molecule has 0 aliphatic heterocycles. The first-order valence-electron chi connectivity index (χ1n) is 16.3. The van der Waals surface area contributed by atoms with Crippen molar-refractivity contribution < 1.29 is 4.42 Å². The van der Waals surface area contributed by atoms with E-state index in [9.17, 15) is 0 Å². The minimum atomic E-state index is 0.872. The molecule has 0 bridgehead atoms. The largest absolute Gasteiger partial charge is 0.455 e. The molecule has 0 radical (unpaired) electrons. The zero-order valence-corrected chi connectivity index (χ0v) is 26.3. The number of hydrogen-bond donors (Lipinski definition) is 0. The van der Waals surface area contributed by atoms with E-state index in [2.05, 4.69) is 181 Å². The summed E-state index contributed by atoms with van der Waals surface area (Å²) in [5, 5.41) is 6.20. The van der Waals surface area contributed by atoms with Gasteiger partial charge < -0.3 is 9.32 Å². The predicted molar refractivity (Wildman–Crippen MR) is 202 cm³/mol. The molecule has 0 N–H and O–H groups in total. The smallest absolute Gasteiger partial charge is 0.143 e. The number of benzene rings is 8. The Morgan fingerprint density at radius 2 is 0.938 bits per heavy atom. The fourth-order valence-corrected chi connectivity index (χ4v) is 6.95. The van der Waals surface area contributed by atoms with E-state index in [4.69, 9.17) is 4.42 Å². The van der Waals surface area contributed by atoms with Crippen molar-refractivity contribution in [2.45, 2.75) is 0 Å². The van der Waals surface area contributed by atoms with Gasteiger partial charge in [0.1, 0.15) is 11.3 Å². The van der Waals surface area contributed by atoms with Crippen LogP contribution in [0.3, 0.4) is 0 Å². The van der Waals surface area contributed by atoms with E-state index in [-0.39, 0.29) is 0 Å². The number of rotatable bonds is 6. The van der Waals surface area contributed by atoms with E-state index in [1.807, 2.05) is 12.1 Å². The second-order valence-electron chi connectivity index (χ2n) is 12.2. The SMILES string of the molecule is c1ccc(-c2c(-c3cccc(N(c4ccccc4)c4ccc(-c5ccc6c(ccc7ccccc76)c5)cc4)c3)oc3ccccc23)cc1. The maximum absolute atomic E-state index is 6.59. The van der Waals surface area contributed by atoms with E-state index >= 15 is 0 Å². The average molecular weight is 614 g/mol. The number of nitrogens with zero attached hydrogens (tertiary/aromatic N) is 1. The summed E-state index contributed by atoms with van der Waals surface area (Å²) in [6, 6.07) is 66.7. The lowest BCUT2D eigenvalue weighted by molar-refractivity contribution is 0.632. The summed E-state index contributed by atoms with van der Waals surface area (Å²) in [6.07, 6.45) is 0. The molecule has 48 heavy (non-hydrogen) atoms. The van der Waals surface area contributed by atoms with Crippen LogP contribution < -0.4 is 4.90 Å². The van der Waals surface area contributed by atoms with E-state index < -0.39 is 0 Å². The van der Waals surface area contributed by atoms with Crippen LogP contribution in [0.4, 0.5) is 17.1 Å². The molecule has 9 rings (SSSR count). The molecule has 226 valence electrons. The Balaban J connectivity index is 1.13. The molecule has 1 aromatic heterocycles. The highest BCUT2D eigenvalue weighted by atomic mass is 16.3. The normalized spacial score (nSPS) is 11.3. The fourth-order valence-electron chi connectivity index (χ4n) is 6.95. The highest BCUT2D eigenvalue weighted by Gasteiger charge is 2.20. The first-order chi connectivity index (χ1) is 23.8. The van der Waals surface area contributed by atoms with Crippen LogP contribution in [0.25, 0.3) is 66.1 Å². The van der Waals surface area contributed by atoms with Gasteiger partial charge in [-0.1, -0.05) is 140 Å². The minimum Gasteiger partial charge on any atom is -0.455 e. The Hall–Kier alpha value is -6.38. The second kappa shape index (κ2) is 11.8. The number of anilines is 3. The van der Waals surface area contributed by atoms with Crippen molar-refractivity contribution in [3.8, 4) is 33.6 Å². The third kappa shape index (κ3) is 4.92. The minimum absolute atomic E-state index is 0.872. The number of furan rings is 1. The molecule has 0 saturated carbocycles. The van der Waals surface area contributed by atoms with Crippen LogP contribution in [0.5, 0.6) is 0 Å². The molecular weight excluding hydrogens is 583 g/mol. The molecule has 8 aromatic carbocycles. The van der Waals surface area contributed by atoms with Gasteiger partial charge in [0.05, 0.1) is 0 Å². The van der Waals surface area contributed by atoms with Crippen molar-refractivity contribution in [1.29, 1.82) is 0 Å². The van der Waals surface area contributed by atoms with Crippen LogP contribution in [0, 0.1) is 0 Å². The molecule has 9 aromatic rings. The maximum atomic E-state index is 6.59. The molecule has 0 fully saturated rings. The first-order valence-corrected chi connectivity index (χ1v) is 16.3. The molecule has 0 spiro atoms. The van der Waals surface area contributed by atoms with Crippen molar-refractivity contribution in [3.05, 3.63) is 188 Å². The van der Waals surface area contributed by atoms with Gasteiger partial charge in [0.15, 0.2) is 0 Å². The van der Waals surface area contributed by atoms with Crippen LogP contribution in [-0.2, 0) is 0 Å². The Morgan fingerprint density at radius 1 is 0.333 bits per heavy atom. The summed E-state index contributed by atoms with van der Waals surface area (Å²) >= 11 is 0. The average Bonchev–Trinajstić information content (AvgIpc) is 3.56. The van der Waals surface area contributed by atoms with E-state index in [1.54, 1.807) is 0 Å². The summed E-state index contributed by atoms with van der Waals surface area (Å²) in [4.78, 5) is 2.31. The van der Waals surface area contributed by atoms with Crippen molar-refractivity contribution >= 4 is 49.6 Å². The van der Waals surface area contributed by atoms with Gasteiger partial charge in [-0.05, 0) is 86.8 Å². The van der Waals surface area contributed by atoms with Crippen molar-refractivity contribution in [1.82, 2.24) is 0 Å². The Bertz CT molecular complexity index is 2550. The fraction of sp³-hybridized carbons (Fsp3) is 0. The van der Waals surface area contributed by atoms with Crippen molar-refractivity contribution in [3.63, 3.8) is 0 Å². The molecular formula is C46H31NO. The summed E-state index contributed by atoms with van der Waals surface area (Å²) < 4.78 is 6.59. The highest BCUT2D eigenvalue weighted by molar-refractivity contribution is 6.08. The predicted octanol–water partition coefficient (Wildman–Crippen LogP) is 13.2. The summed E-state index contributed by atoms with van der Waals surface area (Å²) in [5.41, 5.74) is 9.79. The van der Waals surface area contributed by atoms with Crippen LogP contribution in [0.15, 0.2) is 192 Å². The van der Waals surface area contributed by atoms with E-state index in [0.29, 0.717) is 0 Å². The first kappa shape index (κ1) is 27.9. The number of para-hydroxylation sites is 2. The van der Waals surface area contributed by atoms with Gasteiger partial charge in [-0.3, -0.25) is 0 Å². The van der Waals surface area contributed by atoms with Gasteiger partial charge in [-0.15, -0.1) is 0 Å². The second-order valence-corrected chi connectivity index (χ2v) is 12.2. The molecule has 2 nitrogen and oxygen atoms in total. The number of fused-ring (bicyclic) bond motifs is 4. The van der Waals surface area contributed by atoms with Gasteiger partial charge in [0, 0.05) is 33.6 Å². The van der Waals surface area contributed by atoms with Crippen molar-refractivity contribution in [2.24, 2.45) is 0 Å². The Labute approximate surface area is 279 Å². The lowest BCUT2D eigenvalue weighted by atomic mass is 9.97.